The van der Waals surface area contributed by atoms with E-state index in [1.807, 2.05) is 0 Å². The Labute approximate surface area is 82.5 Å². The van der Waals surface area contributed by atoms with Gasteiger partial charge in [0.1, 0.15) is 0 Å². The van der Waals surface area contributed by atoms with E-state index in [-0.39, 0.29) is 18.2 Å². The fourth-order valence-corrected chi connectivity index (χ4v) is 0.681. The van der Waals surface area contributed by atoms with Crippen LogP contribution < -0.4 is 11.5 Å². The van der Waals surface area contributed by atoms with E-state index in [2.05, 4.69) is 5.73 Å². The van der Waals surface area contributed by atoms with Crippen molar-refractivity contribution in [3.8, 4) is 0 Å². The van der Waals surface area contributed by atoms with Gasteiger partial charge in [0, 0.05) is 6.42 Å². The Kier molecular flexibility index (Phi) is 8.01. The molecule has 0 unspecified atom stereocenters. The summed E-state index contributed by atoms with van der Waals surface area (Å²) in [6.07, 6.45) is 0.540. The van der Waals surface area contributed by atoms with E-state index in [4.69, 9.17) is 15.2 Å². The zero-order valence-corrected chi connectivity index (χ0v) is 8.16. The van der Waals surface area contributed by atoms with E-state index in [0.717, 1.165) is 0 Å². The van der Waals surface area contributed by atoms with Crippen LogP contribution in [-0.2, 0) is 19.1 Å². The molecule has 0 aromatic heterocycles. The minimum Gasteiger partial charge on any atom is -0.379 e. The van der Waals surface area contributed by atoms with Gasteiger partial charge in [0.05, 0.1) is 32.8 Å². The molecule has 14 heavy (non-hydrogen) atoms. The molecular formula is C8H17N2O4+. The number of amides is 2. The maximum atomic E-state index is 10.4. The lowest BCUT2D eigenvalue weighted by atomic mass is 10.4. The predicted molar refractivity (Wildman–Crippen MR) is 48.0 cm³/mol. The van der Waals surface area contributed by atoms with Gasteiger partial charge in [-0.2, -0.15) is 0 Å². The highest BCUT2D eigenvalue weighted by atomic mass is 16.5. The van der Waals surface area contributed by atoms with Crippen molar-refractivity contribution in [2.45, 2.75) is 12.8 Å². The second kappa shape index (κ2) is 8.61. The van der Waals surface area contributed by atoms with Crippen molar-refractivity contribution >= 4 is 11.8 Å². The highest BCUT2D eigenvalue weighted by Crippen LogP contribution is 1.84. The molecule has 0 aromatic carbocycles. The number of carbonyl (C=O) groups is 2. The number of nitrogens with two attached hydrogens (primary N) is 1. The highest BCUT2D eigenvalue weighted by Gasteiger charge is 1.98. The Balaban J connectivity index is 2.99. The zero-order chi connectivity index (χ0) is 10.8. The molecule has 2 amide bonds. The summed E-state index contributed by atoms with van der Waals surface area (Å²) in [5.74, 6) is -0.520. The molecule has 0 saturated carbocycles. The number of rotatable bonds is 9. The summed E-state index contributed by atoms with van der Waals surface area (Å²) in [5, 5.41) is 0. The summed E-state index contributed by atoms with van der Waals surface area (Å²) in [6, 6.07) is 0. The normalized spacial score (nSPS) is 10.1. The molecule has 0 spiro atoms. The third kappa shape index (κ3) is 11.0. The van der Waals surface area contributed by atoms with Gasteiger partial charge in [-0.3, -0.25) is 10.5 Å². The van der Waals surface area contributed by atoms with Crippen LogP contribution in [0.25, 0.3) is 0 Å². The monoisotopic (exact) mass is 205 g/mol. The summed E-state index contributed by atoms with van der Waals surface area (Å²) in [6.45, 7) is 1.49. The van der Waals surface area contributed by atoms with Crippen LogP contribution in [0.1, 0.15) is 12.8 Å². The van der Waals surface area contributed by atoms with Crippen LogP contribution in [0, 0.1) is 0 Å². The van der Waals surface area contributed by atoms with E-state index < -0.39 is 0 Å². The topological polar surface area (TPSA) is 106 Å². The Morgan fingerprint density at radius 3 is 1.93 bits per heavy atom. The minimum absolute atomic E-state index is 0.139. The van der Waals surface area contributed by atoms with Crippen molar-refractivity contribution < 1.29 is 24.8 Å². The van der Waals surface area contributed by atoms with E-state index in [1.54, 1.807) is 0 Å². The summed E-state index contributed by atoms with van der Waals surface area (Å²) < 4.78 is 10.1. The zero-order valence-electron chi connectivity index (χ0n) is 8.16. The Bertz CT molecular complexity index is 164. The van der Waals surface area contributed by atoms with Crippen LogP contribution in [0.3, 0.4) is 0 Å². The average Bonchev–Trinajstić information content (AvgIpc) is 2.08. The summed E-state index contributed by atoms with van der Waals surface area (Å²) >= 11 is 0. The van der Waals surface area contributed by atoms with E-state index in [0.29, 0.717) is 32.8 Å². The van der Waals surface area contributed by atoms with Crippen molar-refractivity contribution in [1.29, 1.82) is 0 Å². The molecule has 6 heteroatoms. The fourth-order valence-electron chi connectivity index (χ4n) is 0.681. The smallest absolute Gasteiger partial charge is 0.311 e. The van der Waals surface area contributed by atoms with Crippen molar-refractivity contribution in [2.75, 3.05) is 26.4 Å². The molecule has 6 nitrogen and oxygen atoms in total. The standard InChI is InChI=1S/C8H16N2O4/c9-7(11)1-3-13-5-6-14-4-2-8(10)12/h1-6H2,(H2,9,11)(H2,10,12)/p+1. The number of carbonyl (C=O) groups excluding carboxylic acids is 2. The summed E-state index contributed by atoms with van der Waals surface area (Å²) in [5.41, 5.74) is 8.10. The number of hydrogen-bond donors (Lipinski definition) is 2. The minimum atomic E-state index is -0.381. The van der Waals surface area contributed by atoms with Gasteiger partial charge in [-0.25, -0.2) is 4.79 Å². The lowest BCUT2D eigenvalue weighted by molar-refractivity contribution is -0.306. The largest absolute Gasteiger partial charge is 0.379 e. The fraction of sp³-hybridized carbons (Fsp3) is 0.750. The molecule has 5 N–H and O–H groups in total. The van der Waals surface area contributed by atoms with Gasteiger partial charge in [-0.05, 0) is 0 Å². The third-order valence-corrected chi connectivity index (χ3v) is 1.39. The summed E-state index contributed by atoms with van der Waals surface area (Å²) in [4.78, 5) is 20.7. The Hall–Kier alpha value is -0.980. The quantitative estimate of drug-likeness (QED) is 0.427. The Morgan fingerprint density at radius 1 is 1.00 bits per heavy atom. The second-order valence-electron chi connectivity index (χ2n) is 2.73. The van der Waals surface area contributed by atoms with Gasteiger partial charge in [0.25, 0.3) is 0 Å². The lowest BCUT2D eigenvalue weighted by Gasteiger charge is -2.02. The molecule has 0 radical (unpaired) electrons. The van der Waals surface area contributed by atoms with Gasteiger partial charge in [0.15, 0.2) is 0 Å². The van der Waals surface area contributed by atoms with Gasteiger partial charge in [-0.1, -0.05) is 0 Å². The Morgan fingerprint density at radius 2 is 1.50 bits per heavy atom. The van der Waals surface area contributed by atoms with Crippen LogP contribution in [0.5, 0.6) is 0 Å². The van der Waals surface area contributed by atoms with Gasteiger partial charge < -0.3 is 15.2 Å². The molecule has 0 aliphatic heterocycles. The van der Waals surface area contributed by atoms with Crippen molar-refractivity contribution in [3.63, 3.8) is 0 Å². The molecule has 0 bridgehead atoms. The molecule has 0 fully saturated rings. The molecule has 0 heterocycles. The highest BCUT2D eigenvalue weighted by molar-refractivity contribution is 5.73. The maximum Gasteiger partial charge on any atom is 0.311 e. The number of quaternary nitrogens is 1. The number of primary amides is 1. The molecule has 0 aliphatic rings. The molecular weight excluding hydrogens is 188 g/mol. The number of ether oxygens (including phenoxy) is 2. The van der Waals surface area contributed by atoms with E-state index in [9.17, 15) is 9.59 Å². The van der Waals surface area contributed by atoms with Gasteiger partial charge in [-0.15, -0.1) is 0 Å². The van der Waals surface area contributed by atoms with E-state index >= 15 is 0 Å². The summed E-state index contributed by atoms with van der Waals surface area (Å²) in [7, 11) is 0. The SMILES string of the molecule is NC(=O)CCOCCOCCC([NH3+])=O. The molecule has 0 saturated heterocycles. The molecule has 82 valence electrons. The van der Waals surface area contributed by atoms with E-state index in [1.165, 1.54) is 0 Å². The van der Waals surface area contributed by atoms with Crippen LogP contribution in [0.15, 0.2) is 0 Å². The maximum absolute atomic E-state index is 10.4. The molecule has 0 atom stereocenters. The van der Waals surface area contributed by atoms with Crippen LogP contribution in [0.2, 0.25) is 0 Å². The second-order valence-corrected chi connectivity index (χ2v) is 2.73. The average molecular weight is 205 g/mol. The van der Waals surface area contributed by atoms with Gasteiger partial charge >= 0.3 is 5.91 Å². The molecule has 0 rings (SSSR count). The van der Waals surface area contributed by atoms with Crippen molar-refractivity contribution in [1.82, 2.24) is 0 Å². The molecule has 0 aliphatic carbocycles. The first-order valence-electron chi connectivity index (χ1n) is 4.41. The predicted octanol–water partition coefficient (Wildman–Crippen LogP) is -1.95. The third-order valence-electron chi connectivity index (χ3n) is 1.39. The first kappa shape index (κ1) is 13.0. The van der Waals surface area contributed by atoms with Crippen molar-refractivity contribution in [2.24, 2.45) is 5.73 Å². The number of hydrogen-bond acceptors (Lipinski definition) is 4. The van der Waals surface area contributed by atoms with Crippen LogP contribution >= 0.6 is 0 Å². The lowest BCUT2D eigenvalue weighted by Crippen LogP contribution is -2.57. The first-order chi connectivity index (χ1) is 6.63. The van der Waals surface area contributed by atoms with Crippen molar-refractivity contribution in [3.05, 3.63) is 0 Å². The first-order valence-corrected chi connectivity index (χ1v) is 4.41. The molecule has 0 aromatic rings. The van der Waals surface area contributed by atoms with Crippen LogP contribution in [0.4, 0.5) is 0 Å². The van der Waals surface area contributed by atoms with Gasteiger partial charge in [0.2, 0.25) is 5.91 Å². The van der Waals surface area contributed by atoms with Crippen LogP contribution in [-0.4, -0.2) is 38.2 Å².